The van der Waals surface area contributed by atoms with E-state index in [2.05, 4.69) is 0 Å². The monoisotopic (exact) mass is 219 g/mol. The summed E-state index contributed by atoms with van der Waals surface area (Å²) in [5.74, 6) is -1.62. The Labute approximate surface area is 87.7 Å². The molecular formula is C10H12ClF2N. The van der Waals surface area contributed by atoms with Gasteiger partial charge in [0, 0.05) is 5.54 Å². The van der Waals surface area contributed by atoms with Gasteiger partial charge in [-0.1, -0.05) is 6.07 Å². The van der Waals surface area contributed by atoms with Crippen LogP contribution in [-0.4, -0.2) is 0 Å². The molecule has 1 saturated carbocycles. The first-order valence-corrected chi connectivity index (χ1v) is 4.36. The Hall–Kier alpha value is -0.670. The highest BCUT2D eigenvalue weighted by Gasteiger charge is 2.34. The van der Waals surface area contributed by atoms with Crippen LogP contribution in [0.15, 0.2) is 18.2 Å². The third-order valence-electron chi connectivity index (χ3n) is 2.74. The summed E-state index contributed by atoms with van der Waals surface area (Å²) in [6.45, 7) is 0. The third kappa shape index (κ3) is 1.74. The number of halogens is 3. The second-order valence-corrected chi connectivity index (χ2v) is 3.64. The van der Waals surface area contributed by atoms with Gasteiger partial charge in [-0.2, -0.15) is 0 Å². The number of benzene rings is 1. The number of hydrogen-bond donors (Lipinski definition) is 1. The van der Waals surface area contributed by atoms with Crippen molar-refractivity contribution in [3.8, 4) is 0 Å². The molecule has 2 rings (SSSR count). The molecule has 14 heavy (non-hydrogen) atoms. The van der Waals surface area contributed by atoms with Crippen molar-refractivity contribution < 1.29 is 8.78 Å². The summed E-state index contributed by atoms with van der Waals surface area (Å²) in [5, 5.41) is 0. The van der Waals surface area contributed by atoms with Crippen LogP contribution in [0.2, 0.25) is 0 Å². The maximum absolute atomic E-state index is 12.8. The number of rotatable bonds is 1. The maximum atomic E-state index is 12.8. The molecule has 0 aromatic heterocycles. The number of nitrogens with two attached hydrogens (primary N) is 1. The summed E-state index contributed by atoms with van der Waals surface area (Å²) in [6.07, 6.45) is 2.78. The molecule has 78 valence electrons. The lowest BCUT2D eigenvalue weighted by Gasteiger charge is -2.38. The van der Waals surface area contributed by atoms with Crippen molar-refractivity contribution >= 4 is 12.4 Å². The predicted octanol–water partition coefficient (Wildman–Crippen LogP) is 2.72. The number of hydrogen-bond acceptors (Lipinski definition) is 1. The van der Waals surface area contributed by atoms with E-state index in [1.807, 2.05) is 0 Å². The summed E-state index contributed by atoms with van der Waals surface area (Å²) in [7, 11) is 0. The second kappa shape index (κ2) is 3.83. The Kier molecular flexibility index (Phi) is 3.12. The fraction of sp³-hybridized carbons (Fsp3) is 0.400. The summed E-state index contributed by atoms with van der Waals surface area (Å²) in [6, 6.07) is 3.91. The van der Waals surface area contributed by atoms with Crippen molar-refractivity contribution in [1.82, 2.24) is 0 Å². The molecule has 0 radical (unpaired) electrons. The first kappa shape index (κ1) is 11.4. The normalized spacial score (nSPS) is 18.2. The molecule has 0 amide bonds. The van der Waals surface area contributed by atoms with E-state index in [1.54, 1.807) is 6.07 Å². The van der Waals surface area contributed by atoms with Crippen LogP contribution in [0.5, 0.6) is 0 Å². The average Bonchev–Trinajstić information content (AvgIpc) is 2.06. The van der Waals surface area contributed by atoms with Crippen LogP contribution in [0.3, 0.4) is 0 Å². The summed E-state index contributed by atoms with van der Waals surface area (Å²) in [5.41, 5.74) is 6.25. The van der Waals surface area contributed by atoms with Gasteiger partial charge in [-0.25, -0.2) is 8.78 Å². The van der Waals surface area contributed by atoms with E-state index in [4.69, 9.17) is 5.73 Å². The molecule has 0 unspecified atom stereocenters. The Morgan fingerprint density at radius 1 is 1.14 bits per heavy atom. The molecule has 1 aromatic carbocycles. The van der Waals surface area contributed by atoms with E-state index in [0.29, 0.717) is 5.56 Å². The van der Waals surface area contributed by atoms with Crippen molar-refractivity contribution in [2.75, 3.05) is 0 Å². The van der Waals surface area contributed by atoms with Gasteiger partial charge in [0.25, 0.3) is 0 Å². The molecule has 1 aliphatic carbocycles. The second-order valence-electron chi connectivity index (χ2n) is 3.64. The van der Waals surface area contributed by atoms with E-state index in [-0.39, 0.29) is 12.4 Å². The zero-order chi connectivity index (χ0) is 9.47. The molecule has 1 aromatic rings. The van der Waals surface area contributed by atoms with Crippen molar-refractivity contribution in [2.45, 2.75) is 24.8 Å². The Morgan fingerprint density at radius 2 is 1.79 bits per heavy atom. The van der Waals surface area contributed by atoms with Crippen molar-refractivity contribution in [2.24, 2.45) is 5.73 Å². The fourth-order valence-corrected chi connectivity index (χ4v) is 1.65. The lowest BCUT2D eigenvalue weighted by molar-refractivity contribution is 0.252. The first-order chi connectivity index (χ1) is 6.12. The van der Waals surface area contributed by atoms with E-state index in [9.17, 15) is 8.78 Å². The van der Waals surface area contributed by atoms with E-state index >= 15 is 0 Å². The van der Waals surface area contributed by atoms with Crippen LogP contribution in [0, 0.1) is 11.6 Å². The Balaban J connectivity index is 0.000000980. The highest BCUT2D eigenvalue weighted by Crippen LogP contribution is 2.38. The van der Waals surface area contributed by atoms with Gasteiger partial charge in [0.05, 0.1) is 0 Å². The van der Waals surface area contributed by atoms with Gasteiger partial charge in [0.1, 0.15) is 0 Å². The third-order valence-corrected chi connectivity index (χ3v) is 2.74. The van der Waals surface area contributed by atoms with Crippen molar-refractivity contribution in [3.63, 3.8) is 0 Å². The van der Waals surface area contributed by atoms with E-state index in [1.165, 1.54) is 6.07 Å². The first-order valence-electron chi connectivity index (χ1n) is 4.36. The maximum Gasteiger partial charge on any atom is 0.159 e. The standard InChI is InChI=1S/C10H11F2N.ClH/c11-8-3-2-7(6-9(8)12)10(13)4-1-5-10;/h2-3,6H,1,4-5,13H2;1H. The van der Waals surface area contributed by atoms with Crippen LogP contribution in [0.1, 0.15) is 24.8 Å². The average molecular weight is 220 g/mol. The van der Waals surface area contributed by atoms with Gasteiger partial charge in [-0.05, 0) is 37.0 Å². The molecule has 4 heteroatoms. The molecule has 1 nitrogen and oxygen atoms in total. The lowest BCUT2D eigenvalue weighted by Crippen LogP contribution is -2.43. The zero-order valence-corrected chi connectivity index (χ0v) is 8.41. The largest absolute Gasteiger partial charge is 0.321 e. The SMILES string of the molecule is Cl.NC1(c2ccc(F)c(F)c2)CCC1. The lowest BCUT2D eigenvalue weighted by atomic mass is 9.73. The van der Waals surface area contributed by atoms with Gasteiger partial charge in [-0.15, -0.1) is 12.4 Å². The minimum absolute atomic E-state index is 0. The van der Waals surface area contributed by atoms with Crippen LogP contribution in [0.4, 0.5) is 8.78 Å². The van der Waals surface area contributed by atoms with Gasteiger partial charge in [0.2, 0.25) is 0 Å². The fourth-order valence-electron chi connectivity index (χ4n) is 1.65. The highest BCUT2D eigenvalue weighted by atomic mass is 35.5. The minimum Gasteiger partial charge on any atom is -0.321 e. The molecule has 1 fully saturated rings. The molecule has 0 heterocycles. The summed E-state index contributed by atoms with van der Waals surface area (Å²) < 4.78 is 25.4. The van der Waals surface area contributed by atoms with Crippen molar-refractivity contribution in [1.29, 1.82) is 0 Å². The predicted molar refractivity (Wildman–Crippen MR) is 53.3 cm³/mol. The van der Waals surface area contributed by atoms with Crippen LogP contribution < -0.4 is 5.73 Å². The minimum atomic E-state index is -0.813. The molecule has 0 spiro atoms. The van der Waals surface area contributed by atoms with Crippen LogP contribution in [0.25, 0.3) is 0 Å². The molecule has 0 atom stereocenters. The smallest absolute Gasteiger partial charge is 0.159 e. The molecule has 0 aliphatic heterocycles. The van der Waals surface area contributed by atoms with Gasteiger partial charge in [0.15, 0.2) is 11.6 Å². The van der Waals surface area contributed by atoms with Gasteiger partial charge >= 0.3 is 0 Å². The molecule has 2 N–H and O–H groups in total. The van der Waals surface area contributed by atoms with Crippen molar-refractivity contribution in [3.05, 3.63) is 35.4 Å². The van der Waals surface area contributed by atoms with E-state index < -0.39 is 17.2 Å². The summed E-state index contributed by atoms with van der Waals surface area (Å²) >= 11 is 0. The highest BCUT2D eigenvalue weighted by molar-refractivity contribution is 5.85. The van der Waals surface area contributed by atoms with Gasteiger partial charge < -0.3 is 5.73 Å². The topological polar surface area (TPSA) is 26.0 Å². The molecule has 0 saturated heterocycles. The molecule has 1 aliphatic rings. The Bertz CT molecular complexity index is 337. The van der Waals surface area contributed by atoms with Crippen LogP contribution in [-0.2, 0) is 5.54 Å². The molecular weight excluding hydrogens is 208 g/mol. The van der Waals surface area contributed by atoms with Gasteiger partial charge in [-0.3, -0.25) is 0 Å². The van der Waals surface area contributed by atoms with E-state index in [0.717, 1.165) is 25.3 Å². The van der Waals surface area contributed by atoms with Crippen LogP contribution >= 0.6 is 12.4 Å². The summed E-state index contributed by atoms with van der Waals surface area (Å²) in [4.78, 5) is 0. The Morgan fingerprint density at radius 3 is 2.21 bits per heavy atom. The zero-order valence-electron chi connectivity index (χ0n) is 7.59. The quantitative estimate of drug-likeness (QED) is 0.772. The molecule has 0 bridgehead atoms.